The molecule has 17 heavy (non-hydrogen) atoms. The first-order chi connectivity index (χ1) is 7.93. The molecule has 0 radical (unpaired) electrons. The van der Waals surface area contributed by atoms with Gasteiger partial charge in [0.05, 0.1) is 0 Å². The standard InChI is InChI=1S/C12H12FNO3/c1-12(7-3-2-4-8(13)5-7)6-9(15)14-10(12)11(16)17/h2-5,10H,6H2,1H3,(H,14,15)(H,16,17). The van der Waals surface area contributed by atoms with Gasteiger partial charge < -0.3 is 10.4 Å². The smallest absolute Gasteiger partial charge is 0.327 e. The Balaban J connectivity index is 2.47. The first-order valence-corrected chi connectivity index (χ1v) is 5.22. The lowest BCUT2D eigenvalue weighted by Gasteiger charge is -2.27. The molecule has 90 valence electrons. The highest BCUT2D eigenvalue weighted by atomic mass is 19.1. The van der Waals surface area contributed by atoms with Gasteiger partial charge in [-0.05, 0) is 17.7 Å². The van der Waals surface area contributed by atoms with Gasteiger partial charge in [-0.25, -0.2) is 9.18 Å². The second-order valence-corrected chi connectivity index (χ2v) is 4.44. The Morgan fingerprint density at radius 2 is 2.29 bits per heavy atom. The lowest BCUT2D eigenvalue weighted by molar-refractivity contribution is -0.141. The quantitative estimate of drug-likeness (QED) is 0.808. The molecule has 5 heteroatoms. The molecule has 1 saturated heterocycles. The van der Waals surface area contributed by atoms with Gasteiger partial charge in [0.25, 0.3) is 0 Å². The zero-order valence-corrected chi connectivity index (χ0v) is 9.24. The molecule has 0 aliphatic carbocycles. The number of hydrogen-bond donors (Lipinski definition) is 2. The number of carboxylic acid groups (broad SMARTS) is 1. The Labute approximate surface area is 97.4 Å². The fraction of sp³-hybridized carbons (Fsp3) is 0.333. The fourth-order valence-electron chi connectivity index (χ4n) is 2.25. The first kappa shape index (κ1) is 11.6. The molecule has 1 amide bonds. The fourth-order valence-corrected chi connectivity index (χ4v) is 2.25. The van der Waals surface area contributed by atoms with Crippen molar-refractivity contribution in [1.29, 1.82) is 0 Å². The lowest BCUT2D eigenvalue weighted by Crippen LogP contribution is -2.44. The summed E-state index contributed by atoms with van der Waals surface area (Å²) in [6.07, 6.45) is 0.0490. The van der Waals surface area contributed by atoms with E-state index < -0.39 is 23.2 Å². The third-order valence-electron chi connectivity index (χ3n) is 3.20. The molecule has 4 nitrogen and oxygen atoms in total. The number of aliphatic carboxylic acids is 1. The monoisotopic (exact) mass is 237 g/mol. The molecule has 0 saturated carbocycles. The lowest BCUT2D eigenvalue weighted by atomic mass is 9.76. The number of amides is 1. The number of carboxylic acids is 1. The summed E-state index contributed by atoms with van der Waals surface area (Å²) in [7, 11) is 0. The van der Waals surface area contributed by atoms with Crippen LogP contribution in [0.2, 0.25) is 0 Å². The third kappa shape index (κ3) is 1.88. The molecule has 2 rings (SSSR count). The highest BCUT2D eigenvalue weighted by Crippen LogP contribution is 2.36. The molecule has 0 aromatic heterocycles. The predicted octanol–water partition coefficient (Wildman–Crippen LogP) is 1.06. The minimum absolute atomic E-state index is 0.0490. The second-order valence-electron chi connectivity index (χ2n) is 4.44. The van der Waals surface area contributed by atoms with E-state index in [9.17, 15) is 14.0 Å². The van der Waals surface area contributed by atoms with Crippen molar-refractivity contribution < 1.29 is 19.1 Å². The Bertz CT molecular complexity index is 488. The molecule has 1 aliphatic heterocycles. The molecule has 1 aromatic rings. The van der Waals surface area contributed by atoms with E-state index in [0.29, 0.717) is 5.56 Å². The molecular formula is C12H12FNO3. The van der Waals surface area contributed by atoms with Gasteiger partial charge in [0.15, 0.2) is 0 Å². The molecule has 1 heterocycles. The Kier molecular flexibility index (Phi) is 2.61. The van der Waals surface area contributed by atoms with E-state index in [1.54, 1.807) is 13.0 Å². The molecule has 1 aliphatic rings. The van der Waals surface area contributed by atoms with Crippen molar-refractivity contribution in [2.45, 2.75) is 24.8 Å². The van der Waals surface area contributed by atoms with Gasteiger partial charge in [-0.1, -0.05) is 19.1 Å². The summed E-state index contributed by atoms with van der Waals surface area (Å²) < 4.78 is 13.2. The van der Waals surface area contributed by atoms with Gasteiger partial charge in [0.1, 0.15) is 11.9 Å². The van der Waals surface area contributed by atoms with Crippen LogP contribution < -0.4 is 5.32 Å². The zero-order valence-electron chi connectivity index (χ0n) is 9.24. The van der Waals surface area contributed by atoms with Crippen LogP contribution in [0.1, 0.15) is 18.9 Å². The maximum atomic E-state index is 13.2. The van der Waals surface area contributed by atoms with E-state index in [1.807, 2.05) is 0 Å². The Hall–Kier alpha value is -1.91. The normalized spacial score (nSPS) is 27.9. The number of halogens is 1. The van der Waals surface area contributed by atoms with Crippen molar-refractivity contribution >= 4 is 11.9 Å². The third-order valence-corrected chi connectivity index (χ3v) is 3.20. The molecule has 0 spiro atoms. The van der Waals surface area contributed by atoms with Gasteiger partial charge in [-0.15, -0.1) is 0 Å². The van der Waals surface area contributed by atoms with Crippen molar-refractivity contribution in [2.75, 3.05) is 0 Å². The van der Waals surface area contributed by atoms with Crippen molar-refractivity contribution in [3.05, 3.63) is 35.6 Å². The SMILES string of the molecule is CC1(c2cccc(F)c2)CC(=O)NC1C(=O)O. The second kappa shape index (κ2) is 3.84. The van der Waals surface area contributed by atoms with E-state index in [2.05, 4.69) is 5.32 Å². The van der Waals surface area contributed by atoms with E-state index in [-0.39, 0.29) is 12.3 Å². The van der Waals surface area contributed by atoms with Crippen molar-refractivity contribution in [1.82, 2.24) is 5.32 Å². The number of rotatable bonds is 2. The topological polar surface area (TPSA) is 66.4 Å². The number of hydrogen-bond acceptors (Lipinski definition) is 2. The summed E-state index contributed by atoms with van der Waals surface area (Å²) in [4.78, 5) is 22.5. The van der Waals surface area contributed by atoms with E-state index >= 15 is 0 Å². The van der Waals surface area contributed by atoms with Crippen LogP contribution in [0.25, 0.3) is 0 Å². The maximum Gasteiger partial charge on any atom is 0.327 e. The van der Waals surface area contributed by atoms with Crippen molar-refractivity contribution in [2.24, 2.45) is 0 Å². The Morgan fingerprint density at radius 3 is 2.88 bits per heavy atom. The minimum Gasteiger partial charge on any atom is -0.480 e. The van der Waals surface area contributed by atoms with Crippen molar-refractivity contribution in [3.63, 3.8) is 0 Å². The summed E-state index contributed by atoms with van der Waals surface area (Å²) in [6, 6.07) is 4.69. The average Bonchev–Trinajstić information content (AvgIpc) is 2.55. The number of carbonyl (C=O) groups excluding carboxylic acids is 1. The van der Waals surface area contributed by atoms with Gasteiger partial charge in [-0.2, -0.15) is 0 Å². The van der Waals surface area contributed by atoms with E-state index in [1.165, 1.54) is 18.2 Å². The largest absolute Gasteiger partial charge is 0.480 e. The van der Waals surface area contributed by atoms with Crippen LogP contribution in [-0.4, -0.2) is 23.0 Å². The highest BCUT2D eigenvalue weighted by molar-refractivity contribution is 5.90. The average molecular weight is 237 g/mol. The van der Waals surface area contributed by atoms with Crippen LogP contribution in [0.4, 0.5) is 4.39 Å². The van der Waals surface area contributed by atoms with Gasteiger partial charge >= 0.3 is 5.97 Å². The minimum atomic E-state index is -1.11. The summed E-state index contributed by atoms with van der Waals surface area (Å²) in [5.41, 5.74) is -0.395. The van der Waals surface area contributed by atoms with Crippen LogP contribution >= 0.6 is 0 Å². The molecule has 0 bridgehead atoms. The summed E-state index contributed by atoms with van der Waals surface area (Å²) in [6.45, 7) is 1.65. The number of nitrogens with one attached hydrogen (secondary N) is 1. The maximum absolute atomic E-state index is 13.2. The molecular weight excluding hydrogens is 225 g/mol. The van der Waals surface area contributed by atoms with Crippen LogP contribution in [-0.2, 0) is 15.0 Å². The van der Waals surface area contributed by atoms with Crippen LogP contribution in [0.3, 0.4) is 0 Å². The van der Waals surface area contributed by atoms with Crippen LogP contribution in [0, 0.1) is 5.82 Å². The van der Waals surface area contributed by atoms with Gasteiger partial charge in [0, 0.05) is 11.8 Å². The highest BCUT2D eigenvalue weighted by Gasteiger charge is 2.48. The molecule has 2 unspecified atom stereocenters. The summed E-state index contributed by atoms with van der Waals surface area (Å²) >= 11 is 0. The summed E-state index contributed by atoms with van der Waals surface area (Å²) in [5, 5.41) is 11.5. The molecule has 1 fully saturated rings. The molecule has 2 N–H and O–H groups in total. The predicted molar refractivity (Wildman–Crippen MR) is 57.9 cm³/mol. The number of benzene rings is 1. The Morgan fingerprint density at radius 1 is 1.59 bits per heavy atom. The van der Waals surface area contributed by atoms with E-state index in [0.717, 1.165) is 0 Å². The number of carbonyl (C=O) groups is 2. The van der Waals surface area contributed by atoms with Crippen molar-refractivity contribution in [3.8, 4) is 0 Å². The van der Waals surface area contributed by atoms with Gasteiger partial charge in [0.2, 0.25) is 5.91 Å². The van der Waals surface area contributed by atoms with Crippen LogP contribution in [0.5, 0.6) is 0 Å². The van der Waals surface area contributed by atoms with Crippen LogP contribution in [0.15, 0.2) is 24.3 Å². The first-order valence-electron chi connectivity index (χ1n) is 5.22. The molecule has 2 atom stereocenters. The van der Waals surface area contributed by atoms with Gasteiger partial charge in [-0.3, -0.25) is 4.79 Å². The zero-order chi connectivity index (χ0) is 12.6. The molecule has 1 aromatic carbocycles. The summed E-state index contributed by atoms with van der Waals surface area (Å²) in [5.74, 6) is -1.88. The van der Waals surface area contributed by atoms with E-state index in [4.69, 9.17) is 5.11 Å².